The molecule has 0 aromatic heterocycles. The minimum atomic E-state index is -0.144. The van der Waals surface area contributed by atoms with E-state index in [0.717, 1.165) is 6.42 Å². The number of benzene rings is 1. The van der Waals surface area contributed by atoms with Gasteiger partial charge in [-0.15, -0.1) is 0 Å². The molecule has 1 heterocycles. The van der Waals surface area contributed by atoms with E-state index in [0.29, 0.717) is 24.3 Å². The summed E-state index contributed by atoms with van der Waals surface area (Å²) in [7, 11) is 0. The molecule has 1 aromatic rings. The molecule has 1 aliphatic rings. The van der Waals surface area contributed by atoms with Gasteiger partial charge >= 0.3 is 0 Å². The molecule has 0 unspecified atom stereocenters. The molecular formula is C12H15N3O2. The van der Waals surface area contributed by atoms with Crippen LogP contribution in [0.1, 0.15) is 16.8 Å². The summed E-state index contributed by atoms with van der Waals surface area (Å²) in [4.78, 5) is 25.1. The number of nitrogens with one attached hydrogen (secondary N) is 1. The molecule has 5 heteroatoms. The van der Waals surface area contributed by atoms with Crippen molar-refractivity contribution in [2.45, 2.75) is 6.42 Å². The van der Waals surface area contributed by atoms with Gasteiger partial charge < -0.3 is 16.0 Å². The second-order valence-corrected chi connectivity index (χ2v) is 4.06. The highest BCUT2D eigenvalue weighted by Crippen LogP contribution is 2.10. The van der Waals surface area contributed by atoms with Crippen molar-refractivity contribution in [3.05, 3.63) is 29.8 Å². The number of carbonyl (C=O) groups excluding carboxylic acids is 2. The lowest BCUT2D eigenvalue weighted by atomic mass is 10.1. The normalized spacial score (nSPS) is 16.2. The second-order valence-electron chi connectivity index (χ2n) is 4.06. The van der Waals surface area contributed by atoms with Gasteiger partial charge in [-0.2, -0.15) is 0 Å². The number of nitrogen functional groups attached to an aromatic ring is 1. The Morgan fingerprint density at radius 1 is 1.41 bits per heavy atom. The maximum absolute atomic E-state index is 12.1. The highest BCUT2D eigenvalue weighted by molar-refractivity contribution is 5.97. The van der Waals surface area contributed by atoms with Crippen LogP contribution in [0.25, 0.3) is 0 Å². The third-order valence-electron chi connectivity index (χ3n) is 2.68. The number of hydrogen-bond acceptors (Lipinski definition) is 3. The van der Waals surface area contributed by atoms with Gasteiger partial charge in [0.25, 0.3) is 5.91 Å². The summed E-state index contributed by atoms with van der Waals surface area (Å²) in [5, 5.41) is 2.73. The Hall–Kier alpha value is -2.04. The van der Waals surface area contributed by atoms with Crippen molar-refractivity contribution >= 4 is 17.5 Å². The number of hydrogen-bond donors (Lipinski definition) is 2. The predicted molar refractivity (Wildman–Crippen MR) is 64.4 cm³/mol. The molecule has 3 N–H and O–H groups in total. The van der Waals surface area contributed by atoms with Crippen LogP contribution in [0.4, 0.5) is 5.69 Å². The van der Waals surface area contributed by atoms with Gasteiger partial charge in [-0.1, -0.05) is 6.07 Å². The van der Waals surface area contributed by atoms with Crippen LogP contribution in [0.15, 0.2) is 24.3 Å². The molecule has 0 saturated carbocycles. The first-order valence-corrected chi connectivity index (χ1v) is 5.58. The maximum Gasteiger partial charge on any atom is 0.254 e. The summed E-state index contributed by atoms with van der Waals surface area (Å²) >= 11 is 0. The molecule has 1 saturated heterocycles. The average molecular weight is 233 g/mol. The summed E-state index contributed by atoms with van der Waals surface area (Å²) in [6.07, 6.45) is 0.778. The number of carbonyl (C=O) groups is 2. The van der Waals surface area contributed by atoms with Gasteiger partial charge in [0.15, 0.2) is 0 Å². The molecule has 1 fully saturated rings. The minimum Gasteiger partial charge on any atom is -0.399 e. The Balaban J connectivity index is 2.16. The largest absolute Gasteiger partial charge is 0.399 e. The van der Waals surface area contributed by atoms with Crippen molar-refractivity contribution in [3.63, 3.8) is 0 Å². The van der Waals surface area contributed by atoms with Gasteiger partial charge in [0.1, 0.15) is 0 Å². The predicted octanol–water partition coefficient (Wildman–Crippen LogP) is 0.231. The number of nitrogens with zero attached hydrogens (tertiary/aromatic N) is 1. The van der Waals surface area contributed by atoms with E-state index in [1.165, 1.54) is 0 Å². The number of nitrogens with two attached hydrogens (primary N) is 1. The Bertz CT molecular complexity index is 445. The molecule has 1 aromatic carbocycles. The van der Waals surface area contributed by atoms with E-state index in [4.69, 9.17) is 5.73 Å². The summed E-state index contributed by atoms with van der Waals surface area (Å²) in [5.74, 6) is -0.255. The van der Waals surface area contributed by atoms with Gasteiger partial charge in [0.05, 0.1) is 6.54 Å². The molecule has 0 radical (unpaired) electrons. The zero-order valence-electron chi connectivity index (χ0n) is 9.48. The van der Waals surface area contributed by atoms with E-state index in [1.54, 1.807) is 29.2 Å². The Labute approximate surface area is 99.6 Å². The van der Waals surface area contributed by atoms with Crippen LogP contribution in [0.3, 0.4) is 0 Å². The molecule has 17 heavy (non-hydrogen) atoms. The van der Waals surface area contributed by atoms with Gasteiger partial charge in [0, 0.05) is 24.3 Å². The summed E-state index contributed by atoms with van der Waals surface area (Å²) in [5.41, 5.74) is 6.71. The van der Waals surface area contributed by atoms with E-state index >= 15 is 0 Å². The topological polar surface area (TPSA) is 75.4 Å². The quantitative estimate of drug-likeness (QED) is 0.682. The van der Waals surface area contributed by atoms with Crippen molar-refractivity contribution in [1.82, 2.24) is 10.2 Å². The molecule has 2 amide bonds. The Morgan fingerprint density at radius 2 is 2.24 bits per heavy atom. The average Bonchev–Trinajstić information content (AvgIpc) is 2.53. The zero-order chi connectivity index (χ0) is 12.3. The minimum absolute atomic E-state index is 0.111. The number of amides is 2. The van der Waals surface area contributed by atoms with Crippen molar-refractivity contribution in [1.29, 1.82) is 0 Å². The fourth-order valence-electron chi connectivity index (χ4n) is 1.83. The van der Waals surface area contributed by atoms with Crippen molar-refractivity contribution < 1.29 is 9.59 Å². The van der Waals surface area contributed by atoms with E-state index in [9.17, 15) is 9.59 Å². The summed E-state index contributed by atoms with van der Waals surface area (Å²) < 4.78 is 0. The molecular weight excluding hydrogens is 218 g/mol. The molecule has 5 nitrogen and oxygen atoms in total. The van der Waals surface area contributed by atoms with E-state index in [2.05, 4.69) is 5.32 Å². The third kappa shape index (κ3) is 2.75. The molecule has 0 aliphatic carbocycles. The molecule has 0 bridgehead atoms. The third-order valence-corrected chi connectivity index (χ3v) is 2.68. The molecule has 0 spiro atoms. The van der Waals surface area contributed by atoms with Gasteiger partial charge in [-0.3, -0.25) is 9.59 Å². The summed E-state index contributed by atoms with van der Waals surface area (Å²) in [6, 6.07) is 6.80. The van der Waals surface area contributed by atoms with Gasteiger partial charge in [0.2, 0.25) is 5.91 Å². The van der Waals surface area contributed by atoms with Crippen LogP contribution in [-0.2, 0) is 4.79 Å². The fourth-order valence-corrected chi connectivity index (χ4v) is 1.83. The lowest BCUT2D eigenvalue weighted by molar-refractivity contribution is -0.121. The van der Waals surface area contributed by atoms with E-state index in [1.807, 2.05) is 0 Å². The highest BCUT2D eigenvalue weighted by atomic mass is 16.2. The van der Waals surface area contributed by atoms with Crippen molar-refractivity contribution in [2.75, 3.05) is 25.4 Å². The van der Waals surface area contributed by atoms with Crippen LogP contribution >= 0.6 is 0 Å². The van der Waals surface area contributed by atoms with Gasteiger partial charge in [-0.25, -0.2) is 0 Å². The zero-order valence-corrected chi connectivity index (χ0v) is 9.48. The van der Waals surface area contributed by atoms with Crippen molar-refractivity contribution in [3.8, 4) is 0 Å². The molecule has 0 atom stereocenters. The standard InChI is InChI=1S/C12H15N3O2/c13-10-4-1-3-9(7-10)12(17)15-6-2-5-14-11(16)8-15/h1,3-4,7H,2,5-6,8,13H2,(H,14,16). The molecule has 2 rings (SSSR count). The number of rotatable bonds is 1. The lowest BCUT2D eigenvalue weighted by Gasteiger charge is -2.19. The lowest BCUT2D eigenvalue weighted by Crippen LogP contribution is -2.37. The second kappa shape index (κ2) is 4.86. The Kier molecular flexibility index (Phi) is 3.27. The molecule has 90 valence electrons. The maximum atomic E-state index is 12.1. The van der Waals surface area contributed by atoms with Crippen LogP contribution in [0.2, 0.25) is 0 Å². The first-order chi connectivity index (χ1) is 8.16. The smallest absolute Gasteiger partial charge is 0.254 e. The van der Waals surface area contributed by atoms with Crippen LogP contribution in [0.5, 0.6) is 0 Å². The van der Waals surface area contributed by atoms with Crippen LogP contribution in [-0.4, -0.2) is 36.3 Å². The number of anilines is 1. The Morgan fingerprint density at radius 3 is 3.00 bits per heavy atom. The fraction of sp³-hybridized carbons (Fsp3) is 0.333. The van der Waals surface area contributed by atoms with E-state index in [-0.39, 0.29) is 18.4 Å². The highest BCUT2D eigenvalue weighted by Gasteiger charge is 2.20. The monoisotopic (exact) mass is 233 g/mol. The first kappa shape index (κ1) is 11.4. The van der Waals surface area contributed by atoms with E-state index < -0.39 is 0 Å². The van der Waals surface area contributed by atoms with Crippen LogP contribution in [0, 0.1) is 0 Å². The summed E-state index contributed by atoms with van der Waals surface area (Å²) in [6.45, 7) is 1.33. The SMILES string of the molecule is Nc1cccc(C(=O)N2CCCNC(=O)C2)c1. The first-order valence-electron chi connectivity index (χ1n) is 5.58. The van der Waals surface area contributed by atoms with Crippen LogP contribution < -0.4 is 11.1 Å². The van der Waals surface area contributed by atoms with Gasteiger partial charge in [-0.05, 0) is 24.6 Å². The molecule has 1 aliphatic heterocycles. The van der Waals surface area contributed by atoms with Crippen molar-refractivity contribution in [2.24, 2.45) is 0 Å².